The second-order valence-corrected chi connectivity index (χ2v) is 7.23. The Morgan fingerprint density at radius 1 is 1.17 bits per heavy atom. The van der Waals surface area contributed by atoms with Crippen molar-refractivity contribution >= 4 is 0 Å². The SMILES string of the molecule is CCC1CCCC(CN)(C(O)(C2CC2)C2CC2)C1. The molecule has 3 fully saturated rings. The third-order valence-corrected chi connectivity index (χ3v) is 6.16. The van der Waals surface area contributed by atoms with Crippen LogP contribution in [0.2, 0.25) is 0 Å². The molecule has 2 nitrogen and oxygen atoms in total. The van der Waals surface area contributed by atoms with Crippen molar-refractivity contribution < 1.29 is 5.11 Å². The number of aliphatic hydroxyl groups is 1. The quantitative estimate of drug-likeness (QED) is 0.789. The van der Waals surface area contributed by atoms with Crippen LogP contribution in [0.3, 0.4) is 0 Å². The summed E-state index contributed by atoms with van der Waals surface area (Å²) >= 11 is 0. The predicted molar refractivity (Wildman–Crippen MR) is 74.1 cm³/mol. The number of hydrogen-bond acceptors (Lipinski definition) is 2. The molecule has 0 aromatic carbocycles. The van der Waals surface area contributed by atoms with Crippen molar-refractivity contribution in [3.05, 3.63) is 0 Å². The van der Waals surface area contributed by atoms with Gasteiger partial charge >= 0.3 is 0 Å². The van der Waals surface area contributed by atoms with Gasteiger partial charge < -0.3 is 10.8 Å². The minimum atomic E-state index is -0.407. The van der Waals surface area contributed by atoms with Crippen LogP contribution in [0, 0.1) is 23.2 Å². The number of hydrogen-bond donors (Lipinski definition) is 2. The highest BCUT2D eigenvalue weighted by atomic mass is 16.3. The fourth-order valence-corrected chi connectivity index (χ4v) is 4.79. The van der Waals surface area contributed by atoms with Crippen LogP contribution < -0.4 is 5.73 Å². The van der Waals surface area contributed by atoms with E-state index in [1.54, 1.807) is 0 Å². The molecule has 3 N–H and O–H groups in total. The molecule has 18 heavy (non-hydrogen) atoms. The summed E-state index contributed by atoms with van der Waals surface area (Å²) in [6, 6.07) is 0. The van der Waals surface area contributed by atoms with Crippen LogP contribution in [0.5, 0.6) is 0 Å². The highest BCUT2D eigenvalue weighted by Gasteiger charge is 2.63. The maximum atomic E-state index is 11.5. The molecule has 104 valence electrons. The van der Waals surface area contributed by atoms with Crippen molar-refractivity contribution in [2.75, 3.05) is 6.54 Å². The second-order valence-electron chi connectivity index (χ2n) is 7.23. The molecule has 3 rings (SSSR count). The Hall–Kier alpha value is -0.0800. The Bertz CT molecular complexity index is 296. The normalized spacial score (nSPS) is 37.8. The lowest BCUT2D eigenvalue weighted by Gasteiger charge is -2.52. The van der Waals surface area contributed by atoms with Gasteiger partial charge in [-0.15, -0.1) is 0 Å². The minimum absolute atomic E-state index is 0.0499. The van der Waals surface area contributed by atoms with E-state index in [1.807, 2.05) is 0 Å². The van der Waals surface area contributed by atoms with Gasteiger partial charge in [0, 0.05) is 12.0 Å². The lowest BCUT2D eigenvalue weighted by molar-refractivity contribution is -0.140. The zero-order valence-corrected chi connectivity index (χ0v) is 11.8. The third-order valence-electron chi connectivity index (χ3n) is 6.16. The van der Waals surface area contributed by atoms with Gasteiger partial charge in [0.25, 0.3) is 0 Å². The third kappa shape index (κ3) is 1.84. The van der Waals surface area contributed by atoms with E-state index in [0.717, 1.165) is 5.92 Å². The summed E-state index contributed by atoms with van der Waals surface area (Å²) in [4.78, 5) is 0. The van der Waals surface area contributed by atoms with Crippen molar-refractivity contribution in [1.82, 2.24) is 0 Å². The monoisotopic (exact) mass is 251 g/mol. The molecular weight excluding hydrogens is 222 g/mol. The molecule has 0 amide bonds. The lowest BCUT2D eigenvalue weighted by atomic mass is 9.57. The van der Waals surface area contributed by atoms with E-state index in [-0.39, 0.29) is 5.41 Å². The molecule has 0 heterocycles. The first kappa shape index (κ1) is 12.9. The van der Waals surface area contributed by atoms with Crippen LogP contribution >= 0.6 is 0 Å². The average molecular weight is 251 g/mol. The van der Waals surface area contributed by atoms with E-state index >= 15 is 0 Å². The van der Waals surface area contributed by atoms with E-state index in [9.17, 15) is 5.11 Å². The van der Waals surface area contributed by atoms with Crippen LogP contribution in [0.15, 0.2) is 0 Å². The van der Waals surface area contributed by atoms with E-state index in [0.29, 0.717) is 18.4 Å². The lowest BCUT2D eigenvalue weighted by Crippen LogP contribution is -2.57. The molecule has 0 spiro atoms. The van der Waals surface area contributed by atoms with Crippen LogP contribution in [-0.4, -0.2) is 17.3 Å². The van der Waals surface area contributed by atoms with Gasteiger partial charge in [0.05, 0.1) is 5.60 Å². The number of nitrogens with two attached hydrogens (primary N) is 1. The number of rotatable bonds is 5. The van der Waals surface area contributed by atoms with Crippen LogP contribution in [0.4, 0.5) is 0 Å². The van der Waals surface area contributed by atoms with Crippen molar-refractivity contribution in [1.29, 1.82) is 0 Å². The molecular formula is C16H29NO. The highest BCUT2D eigenvalue weighted by molar-refractivity contribution is 5.14. The van der Waals surface area contributed by atoms with Gasteiger partial charge in [0.15, 0.2) is 0 Å². The zero-order valence-electron chi connectivity index (χ0n) is 11.8. The molecule has 2 heteroatoms. The largest absolute Gasteiger partial charge is 0.389 e. The Morgan fingerprint density at radius 2 is 1.78 bits per heavy atom. The average Bonchev–Trinajstić information content (AvgIpc) is 3.29. The summed E-state index contributed by atoms with van der Waals surface area (Å²) in [6.07, 6.45) is 11.2. The first-order chi connectivity index (χ1) is 8.66. The van der Waals surface area contributed by atoms with Crippen LogP contribution in [0.25, 0.3) is 0 Å². The van der Waals surface area contributed by atoms with E-state index < -0.39 is 5.60 Å². The maximum Gasteiger partial charge on any atom is 0.0771 e. The molecule has 0 aliphatic heterocycles. The maximum absolute atomic E-state index is 11.5. The smallest absolute Gasteiger partial charge is 0.0771 e. The summed E-state index contributed by atoms with van der Waals surface area (Å²) in [6.45, 7) is 3.00. The first-order valence-corrected chi connectivity index (χ1v) is 8.08. The van der Waals surface area contributed by atoms with Gasteiger partial charge in [0.1, 0.15) is 0 Å². The van der Waals surface area contributed by atoms with Gasteiger partial charge in [-0.3, -0.25) is 0 Å². The van der Waals surface area contributed by atoms with Gasteiger partial charge in [-0.2, -0.15) is 0 Å². The molecule has 2 unspecified atom stereocenters. The van der Waals surface area contributed by atoms with Crippen molar-refractivity contribution in [3.63, 3.8) is 0 Å². The van der Waals surface area contributed by atoms with E-state index in [1.165, 1.54) is 57.8 Å². The van der Waals surface area contributed by atoms with Gasteiger partial charge in [0.2, 0.25) is 0 Å². The Labute approximate surface area is 111 Å². The molecule has 2 atom stereocenters. The molecule has 0 radical (unpaired) electrons. The Balaban J connectivity index is 1.88. The van der Waals surface area contributed by atoms with Gasteiger partial charge in [-0.05, 0) is 56.3 Å². The standard InChI is InChI=1S/C16H29NO/c1-2-12-4-3-9-15(10-12,11-17)16(18,13-5-6-13)14-7-8-14/h12-14,18H,2-11,17H2,1H3. The molecule has 0 bridgehead atoms. The zero-order chi connectivity index (χ0) is 12.8. The summed E-state index contributed by atoms with van der Waals surface area (Å²) < 4.78 is 0. The Kier molecular flexibility index (Phi) is 3.22. The molecule has 0 saturated heterocycles. The van der Waals surface area contributed by atoms with E-state index in [2.05, 4.69) is 6.92 Å². The van der Waals surface area contributed by atoms with E-state index in [4.69, 9.17) is 5.73 Å². The summed E-state index contributed by atoms with van der Waals surface area (Å²) in [5.74, 6) is 1.94. The predicted octanol–water partition coefficient (Wildman–Crippen LogP) is 3.08. The molecule has 0 aromatic rings. The first-order valence-electron chi connectivity index (χ1n) is 8.08. The summed E-state index contributed by atoms with van der Waals surface area (Å²) in [5.41, 5.74) is 5.86. The fourth-order valence-electron chi connectivity index (χ4n) is 4.79. The summed E-state index contributed by atoms with van der Waals surface area (Å²) in [7, 11) is 0. The molecule has 3 saturated carbocycles. The van der Waals surface area contributed by atoms with Crippen molar-refractivity contribution in [2.45, 2.75) is 70.3 Å². The van der Waals surface area contributed by atoms with Crippen molar-refractivity contribution in [3.8, 4) is 0 Å². The fraction of sp³-hybridized carbons (Fsp3) is 1.00. The van der Waals surface area contributed by atoms with Crippen molar-refractivity contribution in [2.24, 2.45) is 28.9 Å². The van der Waals surface area contributed by atoms with Crippen LogP contribution in [0.1, 0.15) is 64.7 Å². The second kappa shape index (κ2) is 4.49. The van der Waals surface area contributed by atoms with Gasteiger partial charge in [-0.1, -0.05) is 26.2 Å². The molecule has 0 aromatic heterocycles. The van der Waals surface area contributed by atoms with Gasteiger partial charge in [-0.25, -0.2) is 0 Å². The topological polar surface area (TPSA) is 46.2 Å². The molecule has 3 aliphatic carbocycles. The summed E-state index contributed by atoms with van der Waals surface area (Å²) in [5, 5.41) is 11.5. The van der Waals surface area contributed by atoms with Crippen LogP contribution in [-0.2, 0) is 0 Å². The minimum Gasteiger partial charge on any atom is -0.389 e. The Morgan fingerprint density at radius 3 is 2.22 bits per heavy atom. The molecule has 3 aliphatic rings. The highest BCUT2D eigenvalue weighted by Crippen LogP contribution is 2.63.